The quantitative estimate of drug-likeness (QED) is 0.316. The van der Waals surface area contributed by atoms with Crippen LogP contribution in [0.3, 0.4) is 0 Å². The molecule has 4 rings (SSSR count). The van der Waals surface area contributed by atoms with Gasteiger partial charge in [-0.1, -0.05) is 34.4 Å². The van der Waals surface area contributed by atoms with Gasteiger partial charge < -0.3 is 4.84 Å². The number of hydrogen-bond acceptors (Lipinski definition) is 4. The van der Waals surface area contributed by atoms with Gasteiger partial charge in [0.2, 0.25) is 5.91 Å². The van der Waals surface area contributed by atoms with E-state index in [2.05, 4.69) is 10.6 Å². The van der Waals surface area contributed by atoms with Crippen molar-refractivity contribution in [3.63, 3.8) is 0 Å². The predicted octanol–water partition coefficient (Wildman–Crippen LogP) is 6.69. The molecule has 2 aromatic carbocycles. The molecule has 0 saturated heterocycles. The van der Waals surface area contributed by atoms with Crippen LogP contribution in [0, 0.1) is 5.92 Å². The van der Waals surface area contributed by atoms with Crippen molar-refractivity contribution in [2.24, 2.45) is 11.1 Å². The summed E-state index contributed by atoms with van der Waals surface area (Å²) in [5, 5.41) is 2.85. The zero-order valence-corrected chi connectivity index (χ0v) is 19.0. The van der Waals surface area contributed by atoms with Crippen LogP contribution in [-0.4, -0.2) is 23.7 Å². The smallest absolute Gasteiger partial charge is 0.374 e. The minimum atomic E-state index is -5.21. The van der Waals surface area contributed by atoms with Crippen LogP contribution >= 0.6 is 23.2 Å². The monoisotopic (exact) mass is 561 g/mol. The van der Waals surface area contributed by atoms with Crippen LogP contribution in [0.15, 0.2) is 41.6 Å². The van der Waals surface area contributed by atoms with E-state index in [1.54, 1.807) is 0 Å². The summed E-state index contributed by atoms with van der Waals surface area (Å²) in [5.41, 5.74) is -1.56. The Morgan fingerprint density at radius 1 is 1.06 bits per heavy atom. The highest BCUT2D eigenvalue weighted by atomic mass is 35.5. The standard InChI is InChI=1S/C21H13Cl2F8N3O2/c22-12-5-10(4-11(6-12)20(26,27)28)18(21(29,30)31)8-16(34-36-18)9-1-2-14(23)15(3-9)32-33-17(35)13-7-19(13,24)25/h1-6,13,32H,7-8H2,(H,33,35)/t13-,18+/m0/s1. The van der Waals surface area contributed by atoms with Crippen LogP contribution in [0.2, 0.25) is 10.0 Å². The summed E-state index contributed by atoms with van der Waals surface area (Å²) in [4.78, 5) is 16.5. The number of rotatable bonds is 5. The first-order valence-electron chi connectivity index (χ1n) is 9.97. The maximum absolute atomic E-state index is 14.2. The molecule has 0 spiro atoms. The first-order chi connectivity index (χ1) is 16.5. The van der Waals surface area contributed by atoms with E-state index in [0.29, 0.717) is 12.1 Å². The van der Waals surface area contributed by atoms with Gasteiger partial charge in [-0.25, -0.2) is 8.78 Å². The van der Waals surface area contributed by atoms with Gasteiger partial charge in [0.15, 0.2) is 0 Å². The molecule has 194 valence electrons. The van der Waals surface area contributed by atoms with Crippen molar-refractivity contribution in [2.75, 3.05) is 5.43 Å². The first-order valence-corrected chi connectivity index (χ1v) is 10.7. The molecule has 1 amide bonds. The second-order valence-electron chi connectivity index (χ2n) is 8.18. The minimum absolute atomic E-state index is 0.0112. The maximum atomic E-state index is 14.2. The van der Waals surface area contributed by atoms with E-state index in [-0.39, 0.29) is 28.1 Å². The number of nitrogens with zero attached hydrogens (tertiary/aromatic N) is 1. The highest BCUT2D eigenvalue weighted by Gasteiger charge is 2.63. The van der Waals surface area contributed by atoms with Crippen LogP contribution in [-0.2, 0) is 21.4 Å². The summed E-state index contributed by atoms with van der Waals surface area (Å²) >= 11 is 11.7. The van der Waals surface area contributed by atoms with Gasteiger partial charge >= 0.3 is 12.4 Å². The number of hydrazine groups is 1. The van der Waals surface area contributed by atoms with Gasteiger partial charge in [0.1, 0.15) is 5.92 Å². The van der Waals surface area contributed by atoms with Crippen molar-refractivity contribution in [2.45, 2.75) is 36.7 Å². The zero-order chi connectivity index (χ0) is 26.7. The molecule has 2 aliphatic rings. The number of carbonyl (C=O) groups excluding carboxylic acids is 1. The molecule has 36 heavy (non-hydrogen) atoms. The molecule has 2 aromatic rings. The lowest BCUT2D eigenvalue weighted by molar-refractivity contribution is -0.276. The third-order valence-electron chi connectivity index (χ3n) is 5.64. The summed E-state index contributed by atoms with van der Waals surface area (Å²) in [6.07, 6.45) is -11.8. The topological polar surface area (TPSA) is 62.7 Å². The fourth-order valence-electron chi connectivity index (χ4n) is 3.56. The van der Waals surface area contributed by atoms with Crippen LogP contribution in [0.4, 0.5) is 40.8 Å². The molecular weight excluding hydrogens is 549 g/mol. The molecule has 1 fully saturated rings. The van der Waals surface area contributed by atoms with Crippen molar-refractivity contribution in [1.82, 2.24) is 5.43 Å². The third-order valence-corrected chi connectivity index (χ3v) is 6.19. The molecular formula is C21H13Cl2F8N3O2. The Kier molecular flexibility index (Phi) is 6.31. The molecule has 5 nitrogen and oxygen atoms in total. The fourth-order valence-corrected chi connectivity index (χ4v) is 3.96. The molecule has 2 N–H and O–H groups in total. The van der Waals surface area contributed by atoms with E-state index in [9.17, 15) is 39.9 Å². The molecule has 1 heterocycles. The van der Waals surface area contributed by atoms with E-state index < -0.39 is 64.7 Å². The van der Waals surface area contributed by atoms with Crippen molar-refractivity contribution in [1.29, 1.82) is 0 Å². The highest BCUT2D eigenvalue weighted by Crippen LogP contribution is 2.51. The van der Waals surface area contributed by atoms with Gasteiger partial charge in [-0.05, 0) is 30.3 Å². The van der Waals surface area contributed by atoms with Gasteiger partial charge in [-0.2, -0.15) is 26.3 Å². The van der Waals surface area contributed by atoms with E-state index in [1.165, 1.54) is 18.2 Å². The second-order valence-corrected chi connectivity index (χ2v) is 9.03. The number of benzene rings is 2. The third kappa shape index (κ3) is 4.90. The summed E-state index contributed by atoms with van der Waals surface area (Å²) in [5.74, 6) is -5.66. The van der Waals surface area contributed by atoms with Gasteiger partial charge in [0, 0.05) is 29.0 Å². The number of amides is 1. The lowest BCUT2D eigenvalue weighted by Crippen LogP contribution is -2.43. The van der Waals surface area contributed by atoms with Gasteiger partial charge in [-0.3, -0.25) is 15.6 Å². The van der Waals surface area contributed by atoms with Crippen LogP contribution in [0.5, 0.6) is 0 Å². The zero-order valence-electron chi connectivity index (χ0n) is 17.5. The molecule has 0 radical (unpaired) electrons. The molecule has 1 aliphatic carbocycles. The summed E-state index contributed by atoms with van der Waals surface area (Å²) < 4.78 is 108. The largest absolute Gasteiger partial charge is 0.435 e. The van der Waals surface area contributed by atoms with Crippen LogP contribution in [0.1, 0.15) is 29.5 Å². The maximum Gasteiger partial charge on any atom is 0.435 e. The molecule has 1 saturated carbocycles. The summed E-state index contributed by atoms with van der Waals surface area (Å²) in [6, 6.07) is 5.14. The first kappa shape index (κ1) is 26.3. The van der Waals surface area contributed by atoms with E-state index in [4.69, 9.17) is 28.0 Å². The molecule has 15 heteroatoms. The molecule has 0 unspecified atom stereocenters. The lowest BCUT2D eigenvalue weighted by Gasteiger charge is -2.30. The normalized spacial score (nSPS) is 23.1. The summed E-state index contributed by atoms with van der Waals surface area (Å²) in [6.45, 7) is 0. The molecule has 2 atom stereocenters. The van der Waals surface area contributed by atoms with Gasteiger partial charge in [0.25, 0.3) is 11.5 Å². The summed E-state index contributed by atoms with van der Waals surface area (Å²) in [7, 11) is 0. The van der Waals surface area contributed by atoms with Crippen molar-refractivity contribution in [3.8, 4) is 0 Å². The average molecular weight is 562 g/mol. The molecule has 1 aliphatic heterocycles. The second kappa shape index (κ2) is 8.65. The Bertz CT molecular complexity index is 1250. The van der Waals surface area contributed by atoms with Crippen LogP contribution in [0.25, 0.3) is 0 Å². The van der Waals surface area contributed by atoms with E-state index in [0.717, 1.165) is 0 Å². The van der Waals surface area contributed by atoms with Crippen molar-refractivity contribution >= 4 is 40.5 Å². The Balaban J connectivity index is 1.61. The molecule has 0 aromatic heterocycles. The number of alkyl halides is 8. The number of carbonyl (C=O) groups is 1. The van der Waals surface area contributed by atoms with Gasteiger partial charge in [-0.15, -0.1) is 0 Å². The van der Waals surface area contributed by atoms with E-state index in [1.807, 2.05) is 5.43 Å². The van der Waals surface area contributed by atoms with Crippen molar-refractivity contribution in [3.05, 3.63) is 63.1 Å². The van der Waals surface area contributed by atoms with Crippen molar-refractivity contribution < 1.29 is 44.8 Å². The number of anilines is 1. The predicted molar refractivity (Wildman–Crippen MR) is 113 cm³/mol. The SMILES string of the molecule is O=C(NNc1cc(C2=NO[C@](c3cc(Cl)cc(C(F)(F)F)c3)(C(F)(F)F)C2)ccc1Cl)[C@@H]1CC1(F)F. The highest BCUT2D eigenvalue weighted by molar-refractivity contribution is 6.33. The number of halogens is 10. The Labute approximate surface area is 207 Å². The van der Waals surface area contributed by atoms with Gasteiger partial charge in [0.05, 0.1) is 22.0 Å². The van der Waals surface area contributed by atoms with Crippen LogP contribution < -0.4 is 10.9 Å². The number of oxime groups is 1. The Hall–Kier alpha value is -2.80. The Morgan fingerprint density at radius 3 is 2.31 bits per heavy atom. The Morgan fingerprint density at radius 2 is 1.72 bits per heavy atom. The minimum Gasteiger partial charge on any atom is -0.374 e. The average Bonchev–Trinajstić information content (AvgIpc) is 3.17. The molecule has 0 bridgehead atoms. The fraction of sp³-hybridized carbons (Fsp3) is 0.333. The van der Waals surface area contributed by atoms with E-state index >= 15 is 0 Å². The number of hydrogen-bond donors (Lipinski definition) is 2. The lowest BCUT2D eigenvalue weighted by atomic mass is 9.85. The number of nitrogens with one attached hydrogen (secondary N) is 2.